The summed E-state index contributed by atoms with van der Waals surface area (Å²) in [7, 11) is 1.75. The van der Waals surface area contributed by atoms with Gasteiger partial charge in [0.25, 0.3) is 17.7 Å². The van der Waals surface area contributed by atoms with Crippen LogP contribution in [0.2, 0.25) is 5.02 Å². The van der Waals surface area contributed by atoms with Crippen LogP contribution in [0.1, 0.15) is 27.2 Å². The SMILES string of the molecule is C[NH+](CC(=O)Nc1ccccc1Cl)CC(=O)Nc1sc2c(c1C(N)=O)CCC2. The van der Waals surface area contributed by atoms with Crippen molar-refractivity contribution in [2.24, 2.45) is 5.73 Å². The largest absolute Gasteiger partial charge is 0.365 e. The molecular weight excluding hydrogens is 400 g/mol. The minimum atomic E-state index is -0.519. The number of primary amides is 1. The smallest absolute Gasteiger partial charge is 0.280 e. The van der Waals surface area contributed by atoms with Crippen molar-refractivity contribution in [2.75, 3.05) is 30.8 Å². The molecule has 148 valence electrons. The molecule has 3 amide bonds. The molecular formula is C19H22ClN4O3S+. The quantitative estimate of drug-likeness (QED) is 0.537. The van der Waals surface area contributed by atoms with Crippen LogP contribution in [0.5, 0.6) is 0 Å². The van der Waals surface area contributed by atoms with Crippen molar-refractivity contribution in [1.82, 2.24) is 0 Å². The molecule has 1 atom stereocenters. The highest BCUT2D eigenvalue weighted by Gasteiger charge is 2.26. The Bertz CT molecular complexity index is 928. The molecule has 1 unspecified atom stereocenters. The fourth-order valence-electron chi connectivity index (χ4n) is 3.29. The zero-order valence-corrected chi connectivity index (χ0v) is 17.0. The number of likely N-dealkylation sites (N-methyl/N-ethyl adjacent to an activating group) is 1. The molecule has 1 aromatic carbocycles. The molecule has 1 aliphatic rings. The Morgan fingerprint density at radius 1 is 1.14 bits per heavy atom. The van der Waals surface area contributed by atoms with Gasteiger partial charge in [0.15, 0.2) is 13.1 Å². The van der Waals surface area contributed by atoms with Gasteiger partial charge in [-0.2, -0.15) is 0 Å². The van der Waals surface area contributed by atoms with Crippen molar-refractivity contribution >= 4 is 51.3 Å². The summed E-state index contributed by atoms with van der Waals surface area (Å²) >= 11 is 7.44. The fourth-order valence-corrected chi connectivity index (χ4v) is 4.79. The Hall–Kier alpha value is -2.42. The second-order valence-corrected chi connectivity index (χ2v) is 8.32. The first-order valence-electron chi connectivity index (χ1n) is 8.95. The lowest BCUT2D eigenvalue weighted by Crippen LogP contribution is -3.11. The van der Waals surface area contributed by atoms with Crippen LogP contribution in [0.15, 0.2) is 24.3 Å². The predicted molar refractivity (Wildman–Crippen MR) is 110 cm³/mol. The number of amides is 3. The number of nitrogens with one attached hydrogen (secondary N) is 3. The summed E-state index contributed by atoms with van der Waals surface area (Å²) in [5.41, 5.74) is 7.44. The van der Waals surface area contributed by atoms with E-state index in [1.54, 1.807) is 31.3 Å². The van der Waals surface area contributed by atoms with E-state index in [0.29, 0.717) is 26.2 Å². The topological polar surface area (TPSA) is 106 Å². The highest BCUT2D eigenvalue weighted by atomic mass is 35.5. The van der Waals surface area contributed by atoms with Crippen LogP contribution in [0.3, 0.4) is 0 Å². The van der Waals surface area contributed by atoms with Gasteiger partial charge in [0.1, 0.15) is 5.00 Å². The summed E-state index contributed by atoms with van der Waals surface area (Å²) in [5.74, 6) is -1.04. The number of aryl methyl sites for hydroxylation is 1. The lowest BCUT2D eigenvalue weighted by molar-refractivity contribution is -0.862. The molecule has 0 fully saturated rings. The molecule has 28 heavy (non-hydrogen) atoms. The van der Waals surface area contributed by atoms with Gasteiger partial charge in [-0.25, -0.2) is 0 Å². The zero-order chi connectivity index (χ0) is 20.3. The molecule has 1 aromatic heterocycles. The second kappa shape index (κ2) is 8.72. The van der Waals surface area contributed by atoms with Crippen molar-refractivity contribution in [1.29, 1.82) is 0 Å². The minimum Gasteiger partial charge on any atom is -0.365 e. The number of quaternary nitrogens is 1. The van der Waals surface area contributed by atoms with Gasteiger partial charge in [0, 0.05) is 4.88 Å². The Morgan fingerprint density at radius 2 is 1.82 bits per heavy atom. The van der Waals surface area contributed by atoms with Gasteiger partial charge in [-0.05, 0) is 37.0 Å². The fraction of sp³-hybridized carbons (Fsp3) is 0.316. The number of carbonyl (C=O) groups excluding carboxylic acids is 3. The second-order valence-electron chi connectivity index (χ2n) is 6.81. The molecule has 1 aliphatic carbocycles. The van der Waals surface area contributed by atoms with Crippen molar-refractivity contribution < 1.29 is 19.3 Å². The number of fused-ring (bicyclic) bond motifs is 1. The molecule has 0 aliphatic heterocycles. The predicted octanol–water partition coefficient (Wildman–Crippen LogP) is 1.08. The van der Waals surface area contributed by atoms with E-state index in [1.165, 1.54) is 11.3 Å². The molecule has 9 heteroatoms. The maximum absolute atomic E-state index is 12.4. The first-order chi connectivity index (χ1) is 13.3. The summed E-state index contributed by atoms with van der Waals surface area (Å²) in [6.45, 7) is 0.180. The number of anilines is 2. The number of benzene rings is 1. The summed E-state index contributed by atoms with van der Waals surface area (Å²) in [6.07, 6.45) is 2.72. The molecule has 0 radical (unpaired) electrons. The number of halogens is 1. The van der Waals surface area contributed by atoms with Gasteiger partial charge in [0.05, 0.1) is 23.3 Å². The van der Waals surface area contributed by atoms with E-state index >= 15 is 0 Å². The van der Waals surface area contributed by atoms with Crippen molar-refractivity contribution in [2.45, 2.75) is 19.3 Å². The van der Waals surface area contributed by atoms with E-state index in [0.717, 1.165) is 29.7 Å². The maximum Gasteiger partial charge on any atom is 0.280 e. The van der Waals surface area contributed by atoms with Gasteiger partial charge >= 0.3 is 0 Å². The van der Waals surface area contributed by atoms with E-state index in [-0.39, 0.29) is 24.9 Å². The van der Waals surface area contributed by atoms with Crippen LogP contribution in [-0.2, 0) is 22.4 Å². The highest BCUT2D eigenvalue weighted by molar-refractivity contribution is 7.17. The number of hydrogen-bond donors (Lipinski definition) is 4. The highest BCUT2D eigenvalue weighted by Crippen LogP contribution is 2.38. The van der Waals surface area contributed by atoms with Gasteiger partial charge in [-0.15, -0.1) is 11.3 Å². The third-order valence-electron chi connectivity index (χ3n) is 4.49. The normalized spacial score (nSPS) is 13.6. The number of carbonyl (C=O) groups is 3. The summed E-state index contributed by atoms with van der Waals surface area (Å²) in [5, 5.41) is 6.49. The van der Waals surface area contributed by atoms with E-state index < -0.39 is 5.91 Å². The van der Waals surface area contributed by atoms with E-state index in [9.17, 15) is 14.4 Å². The molecule has 3 rings (SSSR count). The number of para-hydroxylation sites is 1. The number of nitrogens with two attached hydrogens (primary N) is 1. The Kier molecular flexibility index (Phi) is 6.33. The summed E-state index contributed by atoms with van der Waals surface area (Å²) in [4.78, 5) is 38.2. The van der Waals surface area contributed by atoms with Gasteiger partial charge in [-0.3, -0.25) is 14.4 Å². The maximum atomic E-state index is 12.4. The Balaban J connectivity index is 1.56. The lowest BCUT2D eigenvalue weighted by Gasteiger charge is -2.14. The molecule has 7 nitrogen and oxygen atoms in total. The average molecular weight is 422 g/mol. The first-order valence-corrected chi connectivity index (χ1v) is 10.1. The summed E-state index contributed by atoms with van der Waals surface area (Å²) in [6, 6.07) is 6.96. The van der Waals surface area contributed by atoms with Crippen LogP contribution in [-0.4, -0.2) is 37.9 Å². The molecule has 0 spiro atoms. The van der Waals surface area contributed by atoms with Gasteiger partial charge in [-0.1, -0.05) is 23.7 Å². The van der Waals surface area contributed by atoms with Crippen LogP contribution < -0.4 is 21.3 Å². The molecule has 0 saturated heterocycles. The summed E-state index contributed by atoms with van der Waals surface area (Å²) < 4.78 is 0. The molecule has 0 saturated carbocycles. The molecule has 2 aromatic rings. The van der Waals surface area contributed by atoms with E-state index in [4.69, 9.17) is 17.3 Å². The van der Waals surface area contributed by atoms with E-state index in [2.05, 4.69) is 10.6 Å². The average Bonchev–Trinajstić information content (AvgIpc) is 3.16. The van der Waals surface area contributed by atoms with Crippen molar-refractivity contribution in [3.63, 3.8) is 0 Å². The number of rotatable bonds is 7. The number of hydrogen-bond acceptors (Lipinski definition) is 4. The Labute approximate surface area is 171 Å². The van der Waals surface area contributed by atoms with Crippen LogP contribution in [0, 0.1) is 0 Å². The monoisotopic (exact) mass is 421 g/mol. The van der Waals surface area contributed by atoms with Crippen LogP contribution in [0.25, 0.3) is 0 Å². The third kappa shape index (κ3) is 4.70. The van der Waals surface area contributed by atoms with Gasteiger partial charge < -0.3 is 21.3 Å². The van der Waals surface area contributed by atoms with Crippen LogP contribution in [0.4, 0.5) is 10.7 Å². The van der Waals surface area contributed by atoms with Crippen molar-refractivity contribution in [3.8, 4) is 0 Å². The Morgan fingerprint density at radius 3 is 2.50 bits per heavy atom. The lowest BCUT2D eigenvalue weighted by atomic mass is 10.1. The number of thiophene rings is 1. The zero-order valence-electron chi connectivity index (χ0n) is 15.4. The standard InChI is InChI=1S/C19H21ClN4O3S/c1-24(9-15(25)22-13-7-3-2-6-12(13)20)10-16(26)23-19-17(18(21)27)11-5-4-8-14(11)28-19/h2-3,6-7H,4-5,8-10H2,1H3,(H2,21,27)(H,22,25)(H,23,26)/p+1. The molecule has 1 heterocycles. The van der Waals surface area contributed by atoms with E-state index in [1.807, 2.05) is 0 Å². The van der Waals surface area contributed by atoms with Gasteiger partial charge in [0.2, 0.25) is 0 Å². The molecule has 5 N–H and O–H groups in total. The third-order valence-corrected chi connectivity index (χ3v) is 6.03. The van der Waals surface area contributed by atoms with Crippen molar-refractivity contribution in [3.05, 3.63) is 45.3 Å². The molecule has 0 bridgehead atoms. The minimum absolute atomic E-state index is 0.0801. The first kappa shape index (κ1) is 20.3. The van der Waals surface area contributed by atoms with Crippen LogP contribution >= 0.6 is 22.9 Å².